The van der Waals surface area contributed by atoms with Gasteiger partial charge in [-0.1, -0.05) is 18.9 Å². The van der Waals surface area contributed by atoms with Gasteiger partial charge in [0.25, 0.3) is 0 Å². The van der Waals surface area contributed by atoms with Gasteiger partial charge in [0.05, 0.1) is 0 Å². The summed E-state index contributed by atoms with van der Waals surface area (Å²) in [6.45, 7) is 3.86. The van der Waals surface area contributed by atoms with Crippen LogP contribution in [0.4, 0.5) is 10.1 Å². The largest absolute Gasteiger partial charge is 0.326 e. The molecular weight excluding hydrogens is 229 g/mol. The van der Waals surface area contributed by atoms with E-state index in [2.05, 4.69) is 11.9 Å². The Hall–Kier alpha value is -1.64. The van der Waals surface area contributed by atoms with Gasteiger partial charge < -0.3 is 5.32 Å². The molecule has 2 nitrogen and oxygen atoms in total. The Balaban J connectivity index is 1.96. The van der Waals surface area contributed by atoms with Gasteiger partial charge in [-0.15, -0.1) is 6.58 Å². The van der Waals surface area contributed by atoms with Gasteiger partial charge in [0.2, 0.25) is 5.91 Å². The molecule has 0 saturated heterocycles. The maximum absolute atomic E-state index is 12.7. The van der Waals surface area contributed by atoms with E-state index in [-0.39, 0.29) is 17.1 Å². The minimum absolute atomic E-state index is 0.0246. The number of amides is 1. The molecule has 3 heteroatoms. The third-order valence-electron chi connectivity index (χ3n) is 3.67. The minimum Gasteiger partial charge on any atom is -0.326 e. The zero-order chi connectivity index (χ0) is 13.0. The first-order chi connectivity index (χ1) is 8.63. The van der Waals surface area contributed by atoms with E-state index < -0.39 is 0 Å². The number of carbonyl (C=O) groups is 1. The summed E-state index contributed by atoms with van der Waals surface area (Å²) in [5.74, 6) is -0.324. The fraction of sp³-hybridized carbons (Fsp3) is 0.400. The first-order valence-corrected chi connectivity index (χ1v) is 6.33. The van der Waals surface area contributed by atoms with Gasteiger partial charge in [0, 0.05) is 12.1 Å². The van der Waals surface area contributed by atoms with Crippen molar-refractivity contribution in [3.05, 3.63) is 42.7 Å². The standard InChI is InChI=1S/C15H18FNO/c1-2-15(9-3-4-10-15)11-14(18)17-13-7-5-12(16)6-8-13/h2,5-8H,1,3-4,9-11H2,(H,17,18). The predicted octanol–water partition coefficient (Wildman–Crippen LogP) is 3.90. The number of carbonyl (C=O) groups excluding carboxylic acids is 1. The summed E-state index contributed by atoms with van der Waals surface area (Å²) in [7, 11) is 0. The molecule has 0 aromatic heterocycles. The van der Waals surface area contributed by atoms with E-state index in [9.17, 15) is 9.18 Å². The Morgan fingerprint density at radius 1 is 1.33 bits per heavy atom. The molecular formula is C15H18FNO. The van der Waals surface area contributed by atoms with Crippen LogP contribution in [0.25, 0.3) is 0 Å². The third-order valence-corrected chi connectivity index (χ3v) is 3.67. The molecule has 0 atom stereocenters. The van der Waals surface area contributed by atoms with Crippen LogP contribution in [0, 0.1) is 11.2 Å². The first-order valence-electron chi connectivity index (χ1n) is 6.33. The number of anilines is 1. The molecule has 1 aromatic carbocycles. The molecule has 0 heterocycles. The van der Waals surface area contributed by atoms with Crippen molar-refractivity contribution in [1.29, 1.82) is 0 Å². The quantitative estimate of drug-likeness (QED) is 0.803. The second-order valence-electron chi connectivity index (χ2n) is 5.01. The number of nitrogens with one attached hydrogen (secondary N) is 1. The molecule has 1 fully saturated rings. The van der Waals surface area contributed by atoms with Gasteiger partial charge in [0.1, 0.15) is 5.82 Å². The zero-order valence-electron chi connectivity index (χ0n) is 10.4. The van der Waals surface area contributed by atoms with Crippen molar-refractivity contribution >= 4 is 11.6 Å². The molecule has 1 aliphatic rings. The molecule has 1 amide bonds. The molecule has 1 aliphatic carbocycles. The first kappa shape index (κ1) is 12.8. The Morgan fingerprint density at radius 3 is 2.50 bits per heavy atom. The number of hydrogen-bond acceptors (Lipinski definition) is 1. The van der Waals surface area contributed by atoms with E-state index >= 15 is 0 Å². The molecule has 0 radical (unpaired) electrons. The Bertz CT molecular complexity index is 432. The van der Waals surface area contributed by atoms with Crippen LogP contribution >= 0.6 is 0 Å². The second-order valence-corrected chi connectivity index (χ2v) is 5.01. The second kappa shape index (κ2) is 5.34. The molecule has 96 valence electrons. The topological polar surface area (TPSA) is 29.1 Å². The van der Waals surface area contributed by atoms with Gasteiger partial charge >= 0.3 is 0 Å². The lowest BCUT2D eigenvalue weighted by molar-refractivity contribution is -0.117. The van der Waals surface area contributed by atoms with E-state index in [0.717, 1.165) is 25.7 Å². The summed E-state index contributed by atoms with van der Waals surface area (Å²) in [4.78, 5) is 12.0. The molecule has 18 heavy (non-hydrogen) atoms. The van der Waals surface area contributed by atoms with Crippen molar-refractivity contribution in [1.82, 2.24) is 0 Å². The van der Waals surface area contributed by atoms with Gasteiger partial charge in [0.15, 0.2) is 0 Å². The van der Waals surface area contributed by atoms with Crippen LogP contribution in [0.15, 0.2) is 36.9 Å². The van der Waals surface area contributed by atoms with Crippen molar-refractivity contribution in [3.63, 3.8) is 0 Å². The van der Waals surface area contributed by atoms with Gasteiger partial charge in [-0.05, 0) is 42.5 Å². The molecule has 0 aliphatic heterocycles. The monoisotopic (exact) mass is 247 g/mol. The molecule has 1 saturated carbocycles. The Morgan fingerprint density at radius 2 is 1.94 bits per heavy atom. The number of rotatable bonds is 4. The summed E-state index contributed by atoms with van der Waals surface area (Å²) in [5.41, 5.74) is 0.600. The van der Waals surface area contributed by atoms with Crippen molar-refractivity contribution in [3.8, 4) is 0 Å². The highest BCUT2D eigenvalue weighted by Gasteiger charge is 2.32. The lowest BCUT2D eigenvalue weighted by atomic mass is 9.82. The number of allylic oxidation sites excluding steroid dienone is 1. The molecule has 1 aromatic rings. The summed E-state index contributed by atoms with van der Waals surface area (Å²) in [6, 6.07) is 5.83. The van der Waals surface area contributed by atoms with Crippen molar-refractivity contribution in [2.45, 2.75) is 32.1 Å². The fourth-order valence-corrected chi connectivity index (χ4v) is 2.59. The number of benzene rings is 1. The van der Waals surface area contributed by atoms with Crippen LogP contribution < -0.4 is 5.32 Å². The van der Waals surface area contributed by atoms with Gasteiger partial charge in [-0.25, -0.2) is 4.39 Å². The van der Waals surface area contributed by atoms with Crippen LogP contribution in [-0.2, 0) is 4.79 Å². The highest BCUT2D eigenvalue weighted by Crippen LogP contribution is 2.42. The molecule has 0 bridgehead atoms. The van der Waals surface area contributed by atoms with Gasteiger partial charge in [-0.2, -0.15) is 0 Å². The maximum Gasteiger partial charge on any atom is 0.225 e. The maximum atomic E-state index is 12.7. The Kier molecular flexibility index (Phi) is 3.80. The van der Waals surface area contributed by atoms with E-state index in [1.165, 1.54) is 12.1 Å². The van der Waals surface area contributed by atoms with Crippen LogP contribution in [0.2, 0.25) is 0 Å². The summed E-state index contributed by atoms with van der Waals surface area (Å²) >= 11 is 0. The van der Waals surface area contributed by atoms with Crippen LogP contribution in [-0.4, -0.2) is 5.91 Å². The lowest BCUT2D eigenvalue weighted by Gasteiger charge is -2.23. The van der Waals surface area contributed by atoms with E-state index in [4.69, 9.17) is 0 Å². The van der Waals surface area contributed by atoms with E-state index in [1.807, 2.05) is 6.08 Å². The van der Waals surface area contributed by atoms with E-state index in [0.29, 0.717) is 12.1 Å². The molecule has 0 unspecified atom stereocenters. The smallest absolute Gasteiger partial charge is 0.225 e. The fourth-order valence-electron chi connectivity index (χ4n) is 2.59. The minimum atomic E-state index is -0.300. The molecule has 0 spiro atoms. The average molecular weight is 247 g/mol. The summed E-state index contributed by atoms with van der Waals surface area (Å²) in [5, 5.41) is 2.80. The van der Waals surface area contributed by atoms with Crippen LogP contribution in [0.5, 0.6) is 0 Å². The van der Waals surface area contributed by atoms with Crippen LogP contribution in [0.1, 0.15) is 32.1 Å². The van der Waals surface area contributed by atoms with Crippen molar-refractivity contribution in [2.24, 2.45) is 5.41 Å². The molecule has 1 N–H and O–H groups in total. The summed E-state index contributed by atoms with van der Waals surface area (Å²) < 4.78 is 12.7. The predicted molar refractivity (Wildman–Crippen MR) is 70.7 cm³/mol. The Labute approximate surface area is 107 Å². The average Bonchev–Trinajstić information content (AvgIpc) is 2.81. The highest BCUT2D eigenvalue weighted by molar-refractivity contribution is 5.91. The third kappa shape index (κ3) is 2.97. The van der Waals surface area contributed by atoms with Gasteiger partial charge in [-0.3, -0.25) is 4.79 Å². The van der Waals surface area contributed by atoms with E-state index in [1.54, 1.807) is 12.1 Å². The normalized spacial score (nSPS) is 17.4. The van der Waals surface area contributed by atoms with Crippen LogP contribution in [0.3, 0.4) is 0 Å². The molecule has 2 rings (SSSR count). The lowest BCUT2D eigenvalue weighted by Crippen LogP contribution is -2.23. The number of hydrogen-bond donors (Lipinski definition) is 1. The SMILES string of the molecule is C=CC1(CC(=O)Nc2ccc(F)cc2)CCCC1. The number of halogens is 1. The van der Waals surface area contributed by atoms with Crippen molar-refractivity contribution in [2.75, 3.05) is 5.32 Å². The van der Waals surface area contributed by atoms with Crippen molar-refractivity contribution < 1.29 is 9.18 Å². The summed E-state index contributed by atoms with van der Waals surface area (Å²) in [6.07, 6.45) is 6.78. The zero-order valence-corrected chi connectivity index (χ0v) is 10.4. The highest BCUT2D eigenvalue weighted by atomic mass is 19.1.